The molecule has 0 aromatic heterocycles. The molecule has 0 bridgehead atoms. The van der Waals surface area contributed by atoms with Crippen molar-refractivity contribution >= 4 is 75.7 Å². The summed E-state index contributed by atoms with van der Waals surface area (Å²) in [6.45, 7) is 2.27. The van der Waals surface area contributed by atoms with Crippen LogP contribution in [0.2, 0.25) is 0 Å². The van der Waals surface area contributed by atoms with E-state index in [0.717, 1.165) is 45.9 Å². The first kappa shape index (κ1) is 38.8. The quantitative estimate of drug-likeness (QED) is 0.114. The van der Waals surface area contributed by atoms with Gasteiger partial charge in [0.1, 0.15) is 0 Å². The van der Waals surface area contributed by atoms with Crippen LogP contribution < -0.4 is 9.80 Å². The van der Waals surface area contributed by atoms with Crippen molar-refractivity contribution in [1.82, 2.24) is 0 Å². The van der Waals surface area contributed by atoms with Crippen LogP contribution in [-0.4, -0.2) is 0 Å². The van der Waals surface area contributed by atoms with E-state index in [1.54, 1.807) is 0 Å². The van der Waals surface area contributed by atoms with Crippen molar-refractivity contribution in [3.63, 3.8) is 0 Å². The molecule has 0 aliphatic heterocycles. The van der Waals surface area contributed by atoms with E-state index in [9.17, 15) is 0 Å². The number of hydrogen-bond acceptors (Lipinski definition) is 2. The van der Waals surface area contributed by atoms with Crippen LogP contribution in [0.5, 0.6) is 0 Å². The number of fused-ring (bicyclic) bond motifs is 1. The van der Waals surface area contributed by atoms with Crippen LogP contribution in [0.1, 0.15) is 46.7 Å². The summed E-state index contributed by atoms with van der Waals surface area (Å²) in [6, 6.07) is 71.3. The Balaban J connectivity index is 0.815. The standard InChI is InChI=1S/C59H48N2/c1-45-16-37-56(38-17-45)61(59-43-36-52-10-8-9-11-53(52)44-59)58-41-34-51(35-42-58)31-29-49-26-22-47(23-27-49)19-18-46-20-24-48(25-21-46)28-30-50-32-39-57(40-33-50)60(54-12-4-2-5-13-54)55-14-6-3-7-15-55/h2-16,18-45H,17H2,1H3/b19-18+,30-28+,31-29+. The van der Waals surface area contributed by atoms with Gasteiger partial charge in [0.15, 0.2) is 0 Å². The predicted octanol–water partition coefficient (Wildman–Crippen LogP) is 16.4. The van der Waals surface area contributed by atoms with Gasteiger partial charge in [0, 0.05) is 34.1 Å². The fourth-order valence-electron chi connectivity index (χ4n) is 7.73. The van der Waals surface area contributed by atoms with E-state index in [1.807, 2.05) is 0 Å². The zero-order chi connectivity index (χ0) is 41.2. The molecule has 0 heterocycles. The van der Waals surface area contributed by atoms with Crippen molar-refractivity contribution in [2.75, 3.05) is 9.80 Å². The number of rotatable bonds is 12. The van der Waals surface area contributed by atoms with Gasteiger partial charge in [-0.05, 0) is 123 Å². The zero-order valence-corrected chi connectivity index (χ0v) is 34.4. The third-order valence-corrected chi connectivity index (χ3v) is 11.2. The largest absolute Gasteiger partial charge is 0.311 e. The molecule has 1 unspecified atom stereocenters. The Labute approximate surface area is 360 Å². The van der Waals surface area contributed by atoms with Crippen molar-refractivity contribution in [3.8, 4) is 0 Å². The Kier molecular flexibility index (Phi) is 11.8. The second-order valence-electron chi connectivity index (χ2n) is 15.6. The average Bonchev–Trinajstić information content (AvgIpc) is 3.32. The van der Waals surface area contributed by atoms with Gasteiger partial charge in [-0.25, -0.2) is 0 Å². The first-order chi connectivity index (χ1) is 30.1. The van der Waals surface area contributed by atoms with Gasteiger partial charge in [0.05, 0.1) is 0 Å². The van der Waals surface area contributed by atoms with E-state index in [4.69, 9.17) is 0 Å². The molecular formula is C59H48N2. The van der Waals surface area contributed by atoms with Crippen molar-refractivity contribution in [2.24, 2.45) is 5.92 Å². The van der Waals surface area contributed by atoms with Crippen LogP contribution in [0.3, 0.4) is 0 Å². The molecular weight excluding hydrogens is 737 g/mol. The minimum absolute atomic E-state index is 0.557. The number of benzene rings is 8. The molecule has 61 heavy (non-hydrogen) atoms. The monoisotopic (exact) mass is 784 g/mol. The van der Waals surface area contributed by atoms with Crippen LogP contribution in [0, 0.1) is 5.92 Å². The van der Waals surface area contributed by atoms with Gasteiger partial charge in [-0.15, -0.1) is 0 Å². The SMILES string of the molecule is CC1C=CC(N(c2ccc(/C=C/c3ccc(/C=C/c4ccc(/C=C/c5ccc(N(c6ccccc6)c6ccccc6)cc5)cc4)cc3)cc2)c2ccc3ccccc3c2)=CC1. The maximum atomic E-state index is 2.37. The summed E-state index contributed by atoms with van der Waals surface area (Å²) in [5.41, 5.74) is 13.9. The maximum absolute atomic E-state index is 2.37. The predicted molar refractivity (Wildman–Crippen MR) is 264 cm³/mol. The molecule has 0 fully saturated rings. The van der Waals surface area contributed by atoms with Crippen molar-refractivity contribution in [1.29, 1.82) is 0 Å². The lowest BCUT2D eigenvalue weighted by Crippen LogP contribution is -2.17. The van der Waals surface area contributed by atoms with E-state index in [0.29, 0.717) is 5.92 Å². The molecule has 2 heteroatoms. The van der Waals surface area contributed by atoms with Crippen molar-refractivity contribution in [2.45, 2.75) is 13.3 Å². The van der Waals surface area contributed by atoms with Gasteiger partial charge in [-0.3, -0.25) is 0 Å². The molecule has 0 amide bonds. The molecule has 0 N–H and O–H groups in total. The molecule has 2 nitrogen and oxygen atoms in total. The number of allylic oxidation sites excluding steroid dienone is 3. The number of anilines is 5. The van der Waals surface area contributed by atoms with Crippen molar-refractivity contribution in [3.05, 3.63) is 257 Å². The van der Waals surface area contributed by atoms with Crippen LogP contribution in [0.4, 0.5) is 28.4 Å². The summed E-state index contributed by atoms with van der Waals surface area (Å²) in [5.74, 6) is 0.557. The lowest BCUT2D eigenvalue weighted by molar-refractivity contribution is 0.728. The first-order valence-electron chi connectivity index (χ1n) is 21.1. The van der Waals surface area contributed by atoms with Gasteiger partial charge in [-0.2, -0.15) is 0 Å². The lowest BCUT2D eigenvalue weighted by atomic mass is 10.00. The number of nitrogens with zero attached hydrogens (tertiary/aromatic N) is 2. The highest BCUT2D eigenvalue weighted by Crippen LogP contribution is 2.36. The van der Waals surface area contributed by atoms with E-state index >= 15 is 0 Å². The fourth-order valence-corrected chi connectivity index (χ4v) is 7.73. The average molecular weight is 785 g/mol. The summed E-state index contributed by atoms with van der Waals surface area (Å²) in [4.78, 5) is 4.65. The van der Waals surface area contributed by atoms with Gasteiger partial charge < -0.3 is 9.80 Å². The summed E-state index contributed by atoms with van der Waals surface area (Å²) >= 11 is 0. The topological polar surface area (TPSA) is 6.48 Å². The highest BCUT2D eigenvalue weighted by Gasteiger charge is 2.16. The summed E-state index contributed by atoms with van der Waals surface area (Å²) in [5, 5.41) is 2.49. The lowest BCUT2D eigenvalue weighted by Gasteiger charge is -2.29. The number of hydrogen-bond donors (Lipinski definition) is 0. The maximum Gasteiger partial charge on any atom is 0.0467 e. The Bertz CT molecular complexity index is 2810. The van der Waals surface area contributed by atoms with Crippen LogP contribution in [0.25, 0.3) is 47.2 Å². The van der Waals surface area contributed by atoms with Gasteiger partial charge in [0.25, 0.3) is 0 Å². The molecule has 8 aromatic carbocycles. The molecule has 0 spiro atoms. The molecule has 0 saturated heterocycles. The van der Waals surface area contributed by atoms with Crippen LogP contribution in [-0.2, 0) is 0 Å². The molecule has 294 valence electrons. The first-order valence-corrected chi connectivity index (χ1v) is 21.1. The van der Waals surface area contributed by atoms with Crippen LogP contribution in [0.15, 0.2) is 224 Å². The minimum atomic E-state index is 0.557. The normalized spacial score (nSPS) is 13.9. The van der Waals surface area contributed by atoms with E-state index in [-0.39, 0.29) is 0 Å². The molecule has 1 atom stereocenters. The Hall–Kier alpha value is -7.68. The smallest absolute Gasteiger partial charge is 0.0467 e. The molecule has 1 aliphatic rings. The molecule has 9 rings (SSSR count). The molecule has 0 saturated carbocycles. The fraction of sp³-hybridized carbons (Fsp3) is 0.0508. The zero-order valence-electron chi connectivity index (χ0n) is 34.4. The Morgan fingerprint density at radius 1 is 0.361 bits per heavy atom. The second-order valence-corrected chi connectivity index (χ2v) is 15.6. The highest BCUT2D eigenvalue weighted by atomic mass is 15.1. The van der Waals surface area contributed by atoms with E-state index in [1.165, 1.54) is 38.8 Å². The molecule has 8 aromatic rings. The molecule has 0 radical (unpaired) electrons. The Morgan fingerprint density at radius 2 is 0.721 bits per heavy atom. The Morgan fingerprint density at radius 3 is 1.15 bits per heavy atom. The third kappa shape index (κ3) is 9.63. The highest BCUT2D eigenvalue weighted by molar-refractivity contribution is 5.88. The van der Waals surface area contributed by atoms with E-state index < -0.39 is 0 Å². The van der Waals surface area contributed by atoms with Gasteiger partial charge >= 0.3 is 0 Å². The third-order valence-electron chi connectivity index (χ3n) is 11.2. The van der Waals surface area contributed by atoms with Crippen LogP contribution >= 0.6 is 0 Å². The van der Waals surface area contributed by atoms with Crippen molar-refractivity contribution < 1.29 is 0 Å². The van der Waals surface area contributed by atoms with E-state index in [2.05, 4.69) is 272 Å². The summed E-state index contributed by atoms with van der Waals surface area (Å²) < 4.78 is 0. The molecule has 1 aliphatic carbocycles. The summed E-state index contributed by atoms with van der Waals surface area (Å²) in [6.07, 6.45) is 21.0. The minimum Gasteiger partial charge on any atom is -0.311 e. The number of para-hydroxylation sites is 2. The summed E-state index contributed by atoms with van der Waals surface area (Å²) in [7, 11) is 0. The van der Waals surface area contributed by atoms with Gasteiger partial charge in [-0.1, -0.05) is 195 Å². The second kappa shape index (κ2) is 18.5. The van der Waals surface area contributed by atoms with Gasteiger partial charge in [0.2, 0.25) is 0 Å².